The maximum Gasteiger partial charge on any atom is 0.586 e. The Morgan fingerprint density at radius 1 is 1.32 bits per heavy atom. The molecule has 0 spiro atoms. The van der Waals surface area contributed by atoms with E-state index in [-0.39, 0.29) is 28.6 Å². The van der Waals surface area contributed by atoms with Crippen molar-refractivity contribution in [2.75, 3.05) is 11.6 Å². The fourth-order valence-corrected chi connectivity index (χ4v) is 3.77. The number of rotatable bonds is 3. The lowest BCUT2D eigenvalue weighted by molar-refractivity contribution is -0.286. The molecule has 0 atom stereocenters. The van der Waals surface area contributed by atoms with E-state index in [1.54, 1.807) is 6.07 Å². The molecule has 0 aliphatic carbocycles. The first-order valence-electron chi connectivity index (χ1n) is 6.90. The molecular formula is C15H8F2N4O2S2. The van der Waals surface area contributed by atoms with Crippen LogP contribution in [-0.2, 0) is 0 Å². The predicted octanol–water partition coefficient (Wildman–Crippen LogP) is 4.35. The van der Waals surface area contributed by atoms with Gasteiger partial charge in [0.2, 0.25) is 0 Å². The average molecular weight is 378 g/mol. The monoisotopic (exact) mass is 378 g/mol. The van der Waals surface area contributed by atoms with Gasteiger partial charge in [0.25, 0.3) is 0 Å². The fraction of sp³-hybridized carbons (Fsp3) is 0.133. The van der Waals surface area contributed by atoms with E-state index in [2.05, 4.69) is 24.8 Å². The summed E-state index contributed by atoms with van der Waals surface area (Å²) in [5.74, 6) is -0.0190. The van der Waals surface area contributed by atoms with Gasteiger partial charge in [-0.25, -0.2) is 9.97 Å². The van der Waals surface area contributed by atoms with Gasteiger partial charge in [-0.05, 0) is 24.5 Å². The molecule has 0 radical (unpaired) electrons. The summed E-state index contributed by atoms with van der Waals surface area (Å²) >= 11 is 2.91. The molecule has 1 N–H and O–H groups in total. The highest BCUT2D eigenvalue weighted by Gasteiger charge is 2.44. The zero-order chi connectivity index (χ0) is 17.6. The normalized spacial score (nSPS) is 14.5. The highest BCUT2D eigenvalue weighted by Crippen LogP contribution is 2.46. The van der Waals surface area contributed by atoms with Gasteiger partial charge in [-0.2, -0.15) is 5.26 Å². The van der Waals surface area contributed by atoms with Crippen molar-refractivity contribution in [3.05, 3.63) is 29.8 Å². The topological polar surface area (TPSA) is 80.1 Å². The number of hydrogen-bond donors (Lipinski definition) is 1. The number of aromatic nitrogens is 2. The first kappa shape index (κ1) is 15.9. The van der Waals surface area contributed by atoms with Crippen molar-refractivity contribution in [2.45, 2.75) is 10.6 Å². The van der Waals surface area contributed by atoms with Gasteiger partial charge in [0.05, 0.1) is 16.0 Å². The number of thiazole rings is 1. The Hall–Kier alpha value is -2.64. The fourth-order valence-electron chi connectivity index (χ4n) is 2.31. The molecule has 0 amide bonds. The molecule has 10 heteroatoms. The number of fused-ring (bicyclic) bond motifs is 2. The number of nitrogens with one attached hydrogen (secondary N) is 1. The molecule has 6 nitrogen and oxygen atoms in total. The third-order valence-electron chi connectivity index (χ3n) is 3.34. The molecule has 126 valence electrons. The minimum absolute atomic E-state index is 0.0899. The number of benzene rings is 1. The zero-order valence-electron chi connectivity index (χ0n) is 12.5. The van der Waals surface area contributed by atoms with Gasteiger partial charge in [0, 0.05) is 0 Å². The number of nitriles is 1. The molecule has 1 aliphatic heterocycles. The average Bonchev–Trinajstić information content (AvgIpc) is 3.12. The molecule has 0 unspecified atom stereocenters. The molecule has 0 saturated heterocycles. The lowest BCUT2D eigenvalue weighted by Gasteiger charge is -2.10. The van der Waals surface area contributed by atoms with Crippen molar-refractivity contribution in [3.8, 4) is 17.6 Å². The van der Waals surface area contributed by atoms with Crippen LogP contribution < -0.4 is 14.8 Å². The summed E-state index contributed by atoms with van der Waals surface area (Å²) in [5, 5.41) is 12.2. The second kappa shape index (κ2) is 5.72. The van der Waals surface area contributed by atoms with E-state index in [0.29, 0.717) is 5.65 Å². The molecule has 1 aromatic carbocycles. The summed E-state index contributed by atoms with van der Waals surface area (Å²) in [6.45, 7) is 0. The molecule has 0 bridgehead atoms. The van der Waals surface area contributed by atoms with E-state index in [1.807, 2.05) is 12.3 Å². The van der Waals surface area contributed by atoms with E-state index >= 15 is 0 Å². The summed E-state index contributed by atoms with van der Waals surface area (Å²) in [7, 11) is 0. The molecule has 2 aromatic heterocycles. The predicted molar refractivity (Wildman–Crippen MR) is 89.8 cm³/mol. The molecule has 3 heterocycles. The Labute approximate surface area is 148 Å². The highest BCUT2D eigenvalue weighted by atomic mass is 32.2. The molecule has 3 aromatic rings. The smallest absolute Gasteiger partial charge is 0.395 e. The standard InChI is InChI=1S/C15H8F2N4O2S2/c1-24-14-21-13-10(25-14)5-7(6-18)12(20-13)19-8-3-2-4-9-11(8)23-15(16,17)22-9/h2-5H,1H3,(H,19,20). The van der Waals surface area contributed by atoms with Crippen LogP contribution in [0.1, 0.15) is 5.56 Å². The molecular weight excluding hydrogens is 370 g/mol. The van der Waals surface area contributed by atoms with Crippen molar-refractivity contribution in [3.63, 3.8) is 0 Å². The SMILES string of the molecule is CSc1nc2nc(Nc3cccc4c3OC(F)(F)O4)c(C#N)cc2s1. The van der Waals surface area contributed by atoms with Gasteiger partial charge in [-0.1, -0.05) is 17.8 Å². The lowest BCUT2D eigenvalue weighted by Crippen LogP contribution is -2.26. The van der Waals surface area contributed by atoms with Gasteiger partial charge in [-0.15, -0.1) is 20.1 Å². The number of alkyl halides is 2. The van der Waals surface area contributed by atoms with Crippen LogP contribution in [-0.4, -0.2) is 22.5 Å². The number of nitrogens with zero attached hydrogens (tertiary/aromatic N) is 3. The number of pyridine rings is 1. The Bertz CT molecular complexity index is 1030. The molecule has 4 rings (SSSR count). The molecule has 1 aliphatic rings. The number of ether oxygens (including phenoxy) is 2. The summed E-state index contributed by atoms with van der Waals surface area (Å²) in [6, 6.07) is 8.15. The Morgan fingerprint density at radius 3 is 2.92 bits per heavy atom. The van der Waals surface area contributed by atoms with E-state index in [0.717, 1.165) is 9.04 Å². The lowest BCUT2D eigenvalue weighted by atomic mass is 10.2. The van der Waals surface area contributed by atoms with Crippen LogP contribution in [0.25, 0.3) is 10.3 Å². The quantitative estimate of drug-likeness (QED) is 0.679. The van der Waals surface area contributed by atoms with Gasteiger partial charge in [-0.3, -0.25) is 0 Å². The van der Waals surface area contributed by atoms with E-state index in [9.17, 15) is 14.0 Å². The molecule has 25 heavy (non-hydrogen) atoms. The second-order valence-electron chi connectivity index (χ2n) is 4.93. The van der Waals surface area contributed by atoms with E-state index < -0.39 is 6.29 Å². The Balaban J connectivity index is 1.77. The summed E-state index contributed by atoms with van der Waals surface area (Å²) in [4.78, 5) is 8.69. The van der Waals surface area contributed by atoms with Gasteiger partial charge < -0.3 is 14.8 Å². The van der Waals surface area contributed by atoms with Crippen molar-refractivity contribution < 1.29 is 18.3 Å². The van der Waals surface area contributed by atoms with Crippen molar-refractivity contribution >= 4 is 45.0 Å². The molecule has 0 saturated carbocycles. The molecule has 0 fully saturated rings. The minimum atomic E-state index is -3.72. The first-order chi connectivity index (χ1) is 12.0. The number of halogens is 2. The van der Waals surface area contributed by atoms with Crippen molar-refractivity contribution in [1.82, 2.24) is 9.97 Å². The van der Waals surface area contributed by atoms with Gasteiger partial charge >= 0.3 is 6.29 Å². The van der Waals surface area contributed by atoms with Crippen molar-refractivity contribution in [2.24, 2.45) is 0 Å². The second-order valence-corrected chi connectivity index (χ2v) is 7.01. The largest absolute Gasteiger partial charge is 0.586 e. The maximum absolute atomic E-state index is 13.3. The van der Waals surface area contributed by atoms with Crippen LogP contribution in [0.5, 0.6) is 11.5 Å². The summed E-state index contributed by atoms with van der Waals surface area (Å²) < 4.78 is 37.2. The number of para-hydroxylation sites is 1. The number of thioether (sulfide) groups is 1. The van der Waals surface area contributed by atoms with Crippen LogP contribution >= 0.6 is 23.1 Å². The number of hydrogen-bond acceptors (Lipinski definition) is 8. The van der Waals surface area contributed by atoms with Gasteiger partial charge in [0.1, 0.15) is 6.07 Å². The number of anilines is 2. The van der Waals surface area contributed by atoms with E-state index in [4.69, 9.17) is 0 Å². The van der Waals surface area contributed by atoms with Gasteiger partial charge in [0.15, 0.2) is 27.3 Å². The summed E-state index contributed by atoms with van der Waals surface area (Å²) in [5.41, 5.74) is 0.969. The third-order valence-corrected chi connectivity index (χ3v) is 5.32. The minimum Gasteiger partial charge on any atom is -0.395 e. The van der Waals surface area contributed by atoms with Crippen LogP contribution in [0.3, 0.4) is 0 Å². The van der Waals surface area contributed by atoms with Crippen LogP contribution in [0.2, 0.25) is 0 Å². The highest BCUT2D eigenvalue weighted by molar-refractivity contribution is 8.00. The van der Waals surface area contributed by atoms with Crippen LogP contribution in [0.4, 0.5) is 20.3 Å². The zero-order valence-corrected chi connectivity index (χ0v) is 14.2. The third kappa shape index (κ3) is 2.81. The first-order valence-corrected chi connectivity index (χ1v) is 8.95. The van der Waals surface area contributed by atoms with E-state index in [1.165, 1.54) is 41.3 Å². The Morgan fingerprint density at radius 2 is 2.16 bits per heavy atom. The summed E-state index contributed by atoms with van der Waals surface area (Å²) in [6.07, 6.45) is -1.83. The maximum atomic E-state index is 13.3. The van der Waals surface area contributed by atoms with Crippen LogP contribution in [0, 0.1) is 11.3 Å². The van der Waals surface area contributed by atoms with Crippen molar-refractivity contribution in [1.29, 1.82) is 5.26 Å². The Kier molecular flexibility index (Phi) is 3.63. The van der Waals surface area contributed by atoms with Crippen LogP contribution in [0.15, 0.2) is 28.6 Å².